The number of likely N-dealkylation sites (N-methyl/N-ethyl adjacent to an activating group) is 1. The first kappa shape index (κ1) is 12.9. The van der Waals surface area contributed by atoms with Crippen LogP contribution in [0.1, 0.15) is 33.1 Å². The van der Waals surface area contributed by atoms with E-state index in [1.807, 2.05) is 13.8 Å². The normalized spacial score (nSPS) is 18.2. The van der Waals surface area contributed by atoms with Crippen LogP contribution >= 0.6 is 0 Å². The van der Waals surface area contributed by atoms with E-state index in [2.05, 4.69) is 23.9 Å². The van der Waals surface area contributed by atoms with Crippen LogP contribution < -0.4 is 0 Å². The number of hydrogen-bond donors (Lipinski definition) is 0. The second-order valence-electron chi connectivity index (χ2n) is 3.71. The van der Waals surface area contributed by atoms with Crippen molar-refractivity contribution in [3.63, 3.8) is 0 Å². The van der Waals surface area contributed by atoms with E-state index >= 15 is 0 Å². The van der Waals surface area contributed by atoms with Crippen molar-refractivity contribution in [2.24, 2.45) is 0 Å². The van der Waals surface area contributed by atoms with Gasteiger partial charge in [-0.2, -0.15) is 0 Å². The number of piperidine rings is 1. The molecule has 0 bridgehead atoms. The number of rotatable bonds is 3. The lowest BCUT2D eigenvalue weighted by atomic mass is 10.1. The number of likely N-dealkylation sites (tertiary alicyclic amines) is 1. The Morgan fingerprint density at radius 1 is 1.00 bits per heavy atom. The summed E-state index contributed by atoms with van der Waals surface area (Å²) in [6.07, 6.45) is 4.26. The van der Waals surface area contributed by atoms with Gasteiger partial charge in [0.1, 0.15) is 0 Å². The van der Waals surface area contributed by atoms with Gasteiger partial charge in [0.25, 0.3) is 0 Å². The zero-order chi connectivity index (χ0) is 10.1. The highest BCUT2D eigenvalue weighted by Gasteiger charge is 2.08. The Balaban J connectivity index is 0.000000671. The van der Waals surface area contributed by atoms with E-state index in [-0.39, 0.29) is 0 Å². The summed E-state index contributed by atoms with van der Waals surface area (Å²) < 4.78 is 0. The van der Waals surface area contributed by atoms with E-state index in [4.69, 9.17) is 0 Å². The molecule has 1 fully saturated rings. The summed E-state index contributed by atoms with van der Waals surface area (Å²) in [7, 11) is 4.29. The fraction of sp³-hybridized carbons (Fsp3) is 1.00. The molecule has 1 aliphatic heterocycles. The van der Waals surface area contributed by atoms with Gasteiger partial charge in [0, 0.05) is 13.1 Å². The topological polar surface area (TPSA) is 6.48 Å². The Bertz CT molecular complexity index is 96.3. The molecule has 1 rings (SSSR count). The highest BCUT2D eigenvalue weighted by molar-refractivity contribution is 4.64. The molecule has 13 heavy (non-hydrogen) atoms. The zero-order valence-corrected chi connectivity index (χ0v) is 9.84. The highest BCUT2D eigenvalue weighted by Crippen LogP contribution is 2.07. The molecule has 0 aromatic heterocycles. The van der Waals surface area contributed by atoms with Crippen molar-refractivity contribution in [1.29, 1.82) is 0 Å². The monoisotopic (exact) mass is 186 g/mol. The fourth-order valence-electron chi connectivity index (χ4n) is 1.52. The fourth-order valence-corrected chi connectivity index (χ4v) is 1.52. The Kier molecular flexibility index (Phi) is 8.46. The first-order valence-corrected chi connectivity index (χ1v) is 5.66. The largest absolute Gasteiger partial charge is 0.308 e. The molecular formula is C11H26N2. The maximum Gasteiger partial charge on any atom is 0.0109 e. The zero-order valence-electron chi connectivity index (χ0n) is 9.84. The molecule has 0 amide bonds. The van der Waals surface area contributed by atoms with Crippen LogP contribution in [0.15, 0.2) is 0 Å². The van der Waals surface area contributed by atoms with E-state index in [0.29, 0.717) is 0 Å². The molecule has 1 aliphatic rings. The summed E-state index contributed by atoms with van der Waals surface area (Å²) >= 11 is 0. The van der Waals surface area contributed by atoms with Crippen LogP contribution in [0.5, 0.6) is 0 Å². The van der Waals surface area contributed by atoms with E-state index in [9.17, 15) is 0 Å². The predicted octanol–water partition coefficient (Wildman–Crippen LogP) is 2.06. The second kappa shape index (κ2) is 8.52. The Morgan fingerprint density at radius 2 is 1.54 bits per heavy atom. The van der Waals surface area contributed by atoms with Crippen molar-refractivity contribution >= 4 is 0 Å². The lowest BCUT2D eigenvalue weighted by molar-refractivity contribution is 0.207. The van der Waals surface area contributed by atoms with Gasteiger partial charge in [0.2, 0.25) is 0 Å². The van der Waals surface area contributed by atoms with Gasteiger partial charge in [-0.1, -0.05) is 20.3 Å². The van der Waals surface area contributed by atoms with Gasteiger partial charge >= 0.3 is 0 Å². The van der Waals surface area contributed by atoms with E-state index in [1.54, 1.807) is 0 Å². The van der Waals surface area contributed by atoms with Crippen molar-refractivity contribution in [1.82, 2.24) is 9.80 Å². The number of hydrogen-bond acceptors (Lipinski definition) is 2. The van der Waals surface area contributed by atoms with Crippen molar-refractivity contribution in [3.05, 3.63) is 0 Å². The summed E-state index contributed by atoms with van der Waals surface area (Å²) in [5, 5.41) is 0. The average molecular weight is 186 g/mol. The molecule has 0 radical (unpaired) electrons. The highest BCUT2D eigenvalue weighted by atomic mass is 15.2. The maximum absolute atomic E-state index is 2.57. The Labute approximate surface area is 83.9 Å². The van der Waals surface area contributed by atoms with Gasteiger partial charge in [-0.3, -0.25) is 0 Å². The van der Waals surface area contributed by atoms with Gasteiger partial charge in [-0.05, 0) is 40.0 Å². The van der Waals surface area contributed by atoms with E-state index < -0.39 is 0 Å². The molecule has 0 aliphatic carbocycles. The lowest BCUT2D eigenvalue weighted by Crippen LogP contribution is -2.35. The first-order chi connectivity index (χ1) is 6.29. The van der Waals surface area contributed by atoms with Gasteiger partial charge in [-0.25, -0.2) is 0 Å². The van der Waals surface area contributed by atoms with Crippen molar-refractivity contribution in [2.75, 3.05) is 40.3 Å². The molecule has 0 atom stereocenters. The van der Waals surface area contributed by atoms with Crippen LogP contribution in [0, 0.1) is 0 Å². The third-order valence-electron chi connectivity index (χ3n) is 2.31. The molecule has 0 spiro atoms. The van der Waals surface area contributed by atoms with Gasteiger partial charge in [-0.15, -0.1) is 0 Å². The molecule has 80 valence electrons. The molecule has 1 heterocycles. The minimum atomic E-state index is 1.21. The maximum atomic E-state index is 2.57. The van der Waals surface area contributed by atoms with E-state index in [0.717, 1.165) is 0 Å². The quantitative estimate of drug-likeness (QED) is 0.665. The van der Waals surface area contributed by atoms with Crippen molar-refractivity contribution in [3.8, 4) is 0 Å². The Morgan fingerprint density at radius 3 is 2.00 bits per heavy atom. The minimum Gasteiger partial charge on any atom is -0.308 e. The number of nitrogens with zero attached hydrogens (tertiary/aromatic N) is 2. The summed E-state index contributed by atoms with van der Waals surface area (Å²) in [6, 6.07) is 0. The van der Waals surface area contributed by atoms with Crippen LogP contribution in [0.25, 0.3) is 0 Å². The summed E-state index contributed by atoms with van der Waals surface area (Å²) in [4.78, 5) is 4.83. The molecular weight excluding hydrogens is 160 g/mol. The molecule has 0 aromatic rings. The van der Waals surface area contributed by atoms with Crippen LogP contribution in [-0.2, 0) is 0 Å². The average Bonchev–Trinajstić information content (AvgIpc) is 2.19. The van der Waals surface area contributed by atoms with Crippen LogP contribution in [-0.4, -0.2) is 50.1 Å². The molecule has 0 unspecified atom stereocenters. The predicted molar refractivity (Wildman–Crippen MR) is 60.2 cm³/mol. The molecule has 1 saturated heterocycles. The molecule has 2 nitrogen and oxygen atoms in total. The molecule has 0 N–H and O–H groups in total. The minimum absolute atomic E-state index is 1.21. The SMILES string of the molecule is CC.CN(C)CCN1CCCCC1. The van der Waals surface area contributed by atoms with E-state index in [1.165, 1.54) is 45.4 Å². The van der Waals surface area contributed by atoms with Crippen molar-refractivity contribution < 1.29 is 0 Å². The molecule has 0 saturated carbocycles. The van der Waals surface area contributed by atoms with Crippen LogP contribution in [0.4, 0.5) is 0 Å². The third-order valence-corrected chi connectivity index (χ3v) is 2.31. The first-order valence-electron chi connectivity index (χ1n) is 5.66. The molecule has 0 aromatic carbocycles. The van der Waals surface area contributed by atoms with Gasteiger partial charge in [0.15, 0.2) is 0 Å². The Hall–Kier alpha value is -0.0800. The standard InChI is InChI=1S/C9H20N2.C2H6/c1-10(2)8-9-11-6-4-3-5-7-11;1-2/h3-9H2,1-2H3;1-2H3. The van der Waals surface area contributed by atoms with Crippen LogP contribution in [0.3, 0.4) is 0 Å². The second-order valence-corrected chi connectivity index (χ2v) is 3.71. The molecule has 2 heteroatoms. The van der Waals surface area contributed by atoms with Gasteiger partial charge < -0.3 is 9.80 Å². The third kappa shape index (κ3) is 7.03. The lowest BCUT2D eigenvalue weighted by Gasteiger charge is -2.27. The summed E-state index contributed by atoms with van der Waals surface area (Å²) in [5.74, 6) is 0. The summed E-state index contributed by atoms with van der Waals surface area (Å²) in [5.41, 5.74) is 0. The summed E-state index contributed by atoms with van der Waals surface area (Å²) in [6.45, 7) is 9.12. The van der Waals surface area contributed by atoms with Gasteiger partial charge in [0.05, 0.1) is 0 Å². The van der Waals surface area contributed by atoms with Crippen LogP contribution in [0.2, 0.25) is 0 Å². The smallest absolute Gasteiger partial charge is 0.0109 e. The van der Waals surface area contributed by atoms with Crippen molar-refractivity contribution in [2.45, 2.75) is 33.1 Å².